The summed E-state index contributed by atoms with van der Waals surface area (Å²) < 4.78 is 11.1. The fourth-order valence-electron chi connectivity index (χ4n) is 1.31. The van der Waals surface area contributed by atoms with Crippen LogP contribution >= 0.6 is 11.3 Å². The molecule has 110 valence electrons. The van der Waals surface area contributed by atoms with Gasteiger partial charge in [0.05, 0.1) is 12.2 Å². The van der Waals surface area contributed by atoms with Crippen LogP contribution in [0.2, 0.25) is 0 Å². The average molecular weight is 287 g/mol. The van der Waals surface area contributed by atoms with Crippen molar-refractivity contribution in [1.82, 2.24) is 15.5 Å². The number of ether oxygens (including phenoxy) is 2. The van der Waals surface area contributed by atoms with Crippen molar-refractivity contribution >= 4 is 11.3 Å². The summed E-state index contributed by atoms with van der Waals surface area (Å²) in [6.07, 6.45) is 0. The Balaban J connectivity index is 2.19. The first-order valence-corrected chi connectivity index (χ1v) is 7.48. The average Bonchev–Trinajstić information content (AvgIpc) is 2.71. The van der Waals surface area contributed by atoms with E-state index in [1.165, 1.54) is 11.3 Å². The highest BCUT2D eigenvalue weighted by Gasteiger charge is 2.10. The lowest BCUT2D eigenvalue weighted by Crippen LogP contribution is -2.22. The molecule has 1 aromatic heterocycles. The molecule has 0 radical (unpaired) electrons. The Morgan fingerprint density at radius 3 is 2.58 bits per heavy atom. The molecule has 0 saturated carbocycles. The van der Waals surface area contributed by atoms with Gasteiger partial charge < -0.3 is 14.8 Å². The molecule has 0 spiro atoms. The Kier molecular flexibility index (Phi) is 6.68. The third-order valence-corrected chi connectivity index (χ3v) is 2.96. The molecular weight excluding hydrogens is 262 g/mol. The number of hydrogen-bond donors (Lipinski definition) is 1. The molecule has 0 bridgehead atoms. The molecule has 1 N–H and O–H groups in total. The molecule has 0 aliphatic heterocycles. The van der Waals surface area contributed by atoms with Gasteiger partial charge >= 0.3 is 0 Å². The summed E-state index contributed by atoms with van der Waals surface area (Å²) in [7, 11) is 0. The van der Waals surface area contributed by atoms with Crippen LogP contribution in [0.1, 0.15) is 39.6 Å². The van der Waals surface area contributed by atoms with Crippen molar-refractivity contribution in [3.8, 4) is 5.19 Å². The Hall–Kier alpha value is -0.720. The van der Waals surface area contributed by atoms with Gasteiger partial charge in [-0.1, -0.05) is 25.2 Å². The lowest BCUT2D eigenvalue weighted by molar-refractivity contribution is -0.0163. The zero-order valence-corrected chi connectivity index (χ0v) is 13.3. The summed E-state index contributed by atoms with van der Waals surface area (Å²) in [5.41, 5.74) is -0.129. The van der Waals surface area contributed by atoms with Gasteiger partial charge in [0.25, 0.3) is 5.19 Å². The van der Waals surface area contributed by atoms with Gasteiger partial charge in [0.2, 0.25) is 0 Å². The van der Waals surface area contributed by atoms with E-state index in [1.54, 1.807) is 0 Å². The van der Waals surface area contributed by atoms with Gasteiger partial charge in [0.1, 0.15) is 11.6 Å². The van der Waals surface area contributed by atoms with E-state index >= 15 is 0 Å². The summed E-state index contributed by atoms with van der Waals surface area (Å²) in [4.78, 5) is 0. The minimum absolute atomic E-state index is 0.129. The van der Waals surface area contributed by atoms with E-state index in [0.717, 1.165) is 18.1 Å². The number of aromatic nitrogens is 2. The van der Waals surface area contributed by atoms with Gasteiger partial charge in [-0.25, -0.2) is 0 Å². The number of nitrogens with zero attached hydrogens (tertiary/aromatic N) is 2. The minimum atomic E-state index is -0.129. The maximum absolute atomic E-state index is 5.57. The van der Waals surface area contributed by atoms with Crippen LogP contribution in [0.3, 0.4) is 0 Å². The highest BCUT2D eigenvalue weighted by molar-refractivity contribution is 7.13. The molecule has 0 aliphatic rings. The summed E-state index contributed by atoms with van der Waals surface area (Å²) in [6, 6.07) is 0. The van der Waals surface area contributed by atoms with Crippen LogP contribution in [0.15, 0.2) is 0 Å². The third-order valence-electron chi connectivity index (χ3n) is 2.12. The normalized spacial score (nSPS) is 12.1. The van der Waals surface area contributed by atoms with Crippen molar-refractivity contribution in [2.75, 3.05) is 19.8 Å². The SMILES string of the molecule is CC(C)CNCc1nnc(OCCOC(C)(C)C)s1. The molecule has 19 heavy (non-hydrogen) atoms. The molecular formula is C13H25N3O2S. The smallest absolute Gasteiger partial charge is 0.294 e. The topological polar surface area (TPSA) is 56.3 Å². The first-order valence-electron chi connectivity index (χ1n) is 6.66. The second kappa shape index (κ2) is 7.77. The van der Waals surface area contributed by atoms with Crippen molar-refractivity contribution in [2.24, 2.45) is 5.92 Å². The Morgan fingerprint density at radius 1 is 1.21 bits per heavy atom. The molecule has 0 fully saturated rings. The first-order chi connectivity index (χ1) is 8.87. The third kappa shape index (κ3) is 8.13. The molecule has 0 saturated heterocycles. The number of rotatable bonds is 8. The summed E-state index contributed by atoms with van der Waals surface area (Å²) in [6.45, 7) is 13.2. The first kappa shape index (κ1) is 16.3. The highest BCUT2D eigenvalue weighted by Crippen LogP contribution is 2.17. The van der Waals surface area contributed by atoms with Crippen molar-refractivity contribution in [1.29, 1.82) is 0 Å². The predicted octanol–water partition coefficient (Wildman–Crippen LogP) is 2.48. The van der Waals surface area contributed by atoms with Crippen LogP contribution in [-0.2, 0) is 11.3 Å². The fraction of sp³-hybridized carbons (Fsp3) is 0.846. The van der Waals surface area contributed by atoms with Crippen LogP contribution in [0.25, 0.3) is 0 Å². The largest absolute Gasteiger partial charge is 0.466 e. The van der Waals surface area contributed by atoms with E-state index < -0.39 is 0 Å². The van der Waals surface area contributed by atoms with Crippen LogP contribution in [0.5, 0.6) is 5.19 Å². The quantitative estimate of drug-likeness (QED) is 0.744. The molecule has 1 rings (SSSR count). The zero-order valence-electron chi connectivity index (χ0n) is 12.5. The predicted molar refractivity (Wildman–Crippen MR) is 77.7 cm³/mol. The van der Waals surface area contributed by atoms with Crippen molar-refractivity contribution in [3.05, 3.63) is 5.01 Å². The fourth-order valence-corrected chi connectivity index (χ4v) is 1.99. The highest BCUT2D eigenvalue weighted by atomic mass is 32.1. The molecule has 0 aromatic carbocycles. The molecule has 0 aliphatic carbocycles. The van der Waals surface area contributed by atoms with Crippen molar-refractivity contribution in [2.45, 2.75) is 46.8 Å². The standard InChI is InChI=1S/C13H25N3O2S/c1-10(2)8-14-9-11-15-16-12(19-11)17-6-7-18-13(3,4)5/h10,14H,6-9H2,1-5H3. The van der Waals surface area contributed by atoms with Gasteiger partial charge in [-0.15, -0.1) is 10.2 Å². The molecule has 6 heteroatoms. The molecule has 0 unspecified atom stereocenters. The van der Waals surface area contributed by atoms with Crippen molar-refractivity contribution < 1.29 is 9.47 Å². The van der Waals surface area contributed by atoms with Crippen LogP contribution in [0.4, 0.5) is 0 Å². The van der Waals surface area contributed by atoms with E-state index in [4.69, 9.17) is 9.47 Å². The Morgan fingerprint density at radius 2 is 1.95 bits per heavy atom. The van der Waals surface area contributed by atoms with Crippen molar-refractivity contribution in [3.63, 3.8) is 0 Å². The summed E-state index contributed by atoms with van der Waals surface area (Å²) in [5, 5.41) is 13.0. The monoisotopic (exact) mass is 287 g/mol. The van der Waals surface area contributed by atoms with Crippen LogP contribution in [-0.4, -0.2) is 35.6 Å². The minimum Gasteiger partial charge on any atom is -0.466 e. The molecule has 5 nitrogen and oxygen atoms in total. The zero-order chi connectivity index (χ0) is 14.3. The Labute approximate surface area is 119 Å². The second-order valence-corrected chi connectivity index (χ2v) is 6.82. The van der Waals surface area contributed by atoms with E-state index in [1.807, 2.05) is 20.8 Å². The number of hydrogen-bond acceptors (Lipinski definition) is 6. The molecule has 1 aromatic rings. The maximum Gasteiger partial charge on any atom is 0.294 e. The van der Waals surface area contributed by atoms with Gasteiger partial charge in [-0.3, -0.25) is 0 Å². The van der Waals surface area contributed by atoms with Gasteiger partial charge in [0, 0.05) is 6.54 Å². The van der Waals surface area contributed by atoms with Crippen LogP contribution in [0, 0.1) is 5.92 Å². The number of nitrogens with one attached hydrogen (secondary N) is 1. The van der Waals surface area contributed by atoms with E-state index in [-0.39, 0.29) is 5.60 Å². The van der Waals surface area contributed by atoms with Gasteiger partial charge in [-0.05, 0) is 33.2 Å². The van der Waals surface area contributed by atoms with Crippen LogP contribution < -0.4 is 10.1 Å². The van der Waals surface area contributed by atoms with E-state index in [9.17, 15) is 0 Å². The molecule has 0 atom stereocenters. The maximum atomic E-state index is 5.57. The lowest BCUT2D eigenvalue weighted by atomic mass is 10.2. The lowest BCUT2D eigenvalue weighted by Gasteiger charge is -2.18. The Bertz CT molecular complexity index is 361. The molecule has 1 heterocycles. The van der Waals surface area contributed by atoms with Gasteiger partial charge in [-0.2, -0.15) is 0 Å². The second-order valence-electron chi connectivity index (χ2n) is 5.80. The van der Waals surface area contributed by atoms with E-state index in [0.29, 0.717) is 24.3 Å². The summed E-state index contributed by atoms with van der Waals surface area (Å²) in [5.74, 6) is 0.637. The van der Waals surface area contributed by atoms with Gasteiger partial charge in [0.15, 0.2) is 0 Å². The summed E-state index contributed by atoms with van der Waals surface area (Å²) >= 11 is 1.48. The molecule has 0 amide bonds. The van der Waals surface area contributed by atoms with E-state index in [2.05, 4.69) is 29.4 Å².